The molecule has 0 saturated carbocycles. The molecule has 0 aliphatic carbocycles. The van der Waals surface area contributed by atoms with Crippen LogP contribution in [0.5, 0.6) is 5.75 Å². The van der Waals surface area contributed by atoms with E-state index in [4.69, 9.17) is 0 Å². The largest absolute Gasteiger partial charge is 0.507 e. The van der Waals surface area contributed by atoms with Gasteiger partial charge in [-0.2, -0.15) is 13.2 Å². The van der Waals surface area contributed by atoms with Crippen molar-refractivity contribution < 1.29 is 23.1 Å². The minimum atomic E-state index is -4.55. The molecule has 8 nitrogen and oxygen atoms in total. The number of phenols is 1. The number of phenolic OH excluding ortho intramolecular Hbond substituents is 1. The van der Waals surface area contributed by atoms with E-state index in [2.05, 4.69) is 20.5 Å². The fraction of sp³-hybridized carbons (Fsp3) is 0.444. The first kappa shape index (κ1) is 19.2. The summed E-state index contributed by atoms with van der Waals surface area (Å²) in [5.41, 5.74) is -0.169. The molecular weight excluding hydrogens is 389 g/mol. The van der Waals surface area contributed by atoms with Crippen LogP contribution in [-0.2, 0) is 6.18 Å². The third kappa shape index (κ3) is 3.40. The molecule has 2 fully saturated rings. The monoisotopic (exact) mass is 408 g/mol. The standard InChI is InChI=1S/C18H19F3N6O2/c1-9-15(11-4-3-10(7-14(11)28)18(19,20)21)24-25-16(22-9)27-6-5-12-13(8-27)26(2)17(29)23-12/h3-4,7,12-13,28H,5-6,8H2,1-2H3,(H,23,29)/t12-,13+/m0/s1. The summed E-state index contributed by atoms with van der Waals surface area (Å²) in [5.74, 6) is -0.159. The van der Waals surface area contributed by atoms with E-state index in [9.17, 15) is 23.1 Å². The zero-order chi connectivity index (χ0) is 20.9. The highest BCUT2D eigenvalue weighted by Gasteiger charge is 2.41. The molecule has 4 rings (SSSR count). The van der Waals surface area contributed by atoms with Crippen molar-refractivity contribution in [2.24, 2.45) is 0 Å². The van der Waals surface area contributed by atoms with Crippen molar-refractivity contribution in [2.75, 3.05) is 25.0 Å². The average molecular weight is 408 g/mol. The quantitative estimate of drug-likeness (QED) is 0.791. The Morgan fingerprint density at radius 3 is 2.69 bits per heavy atom. The van der Waals surface area contributed by atoms with Crippen molar-refractivity contribution in [3.8, 4) is 17.0 Å². The van der Waals surface area contributed by atoms with Gasteiger partial charge in [0, 0.05) is 25.7 Å². The van der Waals surface area contributed by atoms with Crippen LogP contribution in [0.3, 0.4) is 0 Å². The maximum absolute atomic E-state index is 12.8. The number of amides is 2. The van der Waals surface area contributed by atoms with Gasteiger partial charge in [0.25, 0.3) is 0 Å². The number of anilines is 1. The number of benzene rings is 1. The first-order chi connectivity index (χ1) is 13.6. The number of hydrogen-bond donors (Lipinski definition) is 2. The molecule has 1 aromatic carbocycles. The predicted molar refractivity (Wildman–Crippen MR) is 97.4 cm³/mol. The predicted octanol–water partition coefficient (Wildman–Crippen LogP) is 2.17. The molecule has 2 aliphatic rings. The number of nitrogens with zero attached hydrogens (tertiary/aromatic N) is 5. The summed E-state index contributed by atoms with van der Waals surface area (Å²) in [7, 11) is 1.74. The van der Waals surface area contributed by atoms with Crippen LogP contribution in [0.2, 0.25) is 0 Å². The van der Waals surface area contributed by atoms with Crippen LogP contribution in [0.4, 0.5) is 23.9 Å². The lowest BCUT2D eigenvalue weighted by atomic mass is 10.0. The summed E-state index contributed by atoms with van der Waals surface area (Å²) in [4.78, 5) is 19.8. The topological polar surface area (TPSA) is 94.5 Å². The zero-order valence-electron chi connectivity index (χ0n) is 15.7. The SMILES string of the molecule is Cc1nc(N2CC[C@@H]3NC(=O)N(C)[C@@H]3C2)nnc1-c1ccc(C(F)(F)F)cc1O. The molecule has 0 bridgehead atoms. The van der Waals surface area contributed by atoms with E-state index in [0.717, 1.165) is 18.6 Å². The highest BCUT2D eigenvalue weighted by molar-refractivity contribution is 5.77. The highest BCUT2D eigenvalue weighted by atomic mass is 19.4. The number of fused-ring (bicyclic) bond motifs is 1. The second kappa shape index (κ2) is 6.75. The molecule has 2 aliphatic heterocycles. The Kier molecular flexibility index (Phi) is 4.47. The molecule has 2 aromatic rings. The number of hydrogen-bond acceptors (Lipinski definition) is 6. The van der Waals surface area contributed by atoms with Gasteiger partial charge in [0.2, 0.25) is 5.95 Å². The average Bonchev–Trinajstić information content (AvgIpc) is 2.95. The lowest BCUT2D eigenvalue weighted by molar-refractivity contribution is -0.137. The lowest BCUT2D eigenvalue weighted by Crippen LogP contribution is -2.51. The molecule has 11 heteroatoms. The van der Waals surface area contributed by atoms with Gasteiger partial charge in [-0.1, -0.05) is 0 Å². The normalized spacial score (nSPS) is 21.9. The van der Waals surface area contributed by atoms with Crippen molar-refractivity contribution in [3.05, 3.63) is 29.5 Å². The number of aromatic hydroxyl groups is 1. The van der Waals surface area contributed by atoms with Crippen LogP contribution in [-0.4, -0.2) is 63.4 Å². The van der Waals surface area contributed by atoms with Crippen LogP contribution in [0.25, 0.3) is 11.3 Å². The first-order valence-corrected chi connectivity index (χ1v) is 9.05. The molecule has 0 spiro atoms. The Morgan fingerprint density at radius 1 is 1.28 bits per heavy atom. The fourth-order valence-electron chi connectivity index (χ4n) is 3.77. The number of alkyl halides is 3. The molecule has 3 heterocycles. The van der Waals surface area contributed by atoms with E-state index in [1.54, 1.807) is 18.9 Å². The summed E-state index contributed by atoms with van der Waals surface area (Å²) < 4.78 is 38.4. The van der Waals surface area contributed by atoms with Gasteiger partial charge in [0.15, 0.2) is 0 Å². The summed E-state index contributed by atoms with van der Waals surface area (Å²) in [6.45, 7) is 2.84. The molecule has 154 valence electrons. The van der Waals surface area contributed by atoms with Crippen molar-refractivity contribution in [1.29, 1.82) is 0 Å². The van der Waals surface area contributed by atoms with Gasteiger partial charge in [0.1, 0.15) is 11.4 Å². The smallest absolute Gasteiger partial charge is 0.416 e. The molecule has 2 N–H and O–H groups in total. The molecule has 0 unspecified atom stereocenters. The molecule has 2 amide bonds. The minimum Gasteiger partial charge on any atom is -0.507 e. The number of aromatic nitrogens is 3. The first-order valence-electron chi connectivity index (χ1n) is 9.05. The van der Waals surface area contributed by atoms with Gasteiger partial charge in [0.05, 0.1) is 23.3 Å². The zero-order valence-corrected chi connectivity index (χ0v) is 15.7. The Bertz CT molecular complexity index is 967. The number of piperidine rings is 1. The number of carbonyl (C=O) groups is 1. The van der Waals surface area contributed by atoms with Gasteiger partial charge >= 0.3 is 12.2 Å². The van der Waals surface area contributed by atoms with Gasteiger partial charge in [-0.15, -0.1) is 10.2 Å². The number of carbonyl (C=O) groups excluding carboxylic acids is 1. The third-order valence-electron chi connectivity index (χ3n) is 5.42. The van der Waals surface area contributed by atoms with E-state index in [-0.39, 0.29) is 29.4 Å². The van der Waals surface area contributed by atoms with E-state index in [1.165, 1.54) is 0 Å². The Labute approximate surface area is 164 Å². The van der Waals surface area contributed by atoms with Crippen LogP contribution in [0.15, 0.2) is 18.2 Å². The van der Waals surface area contributed by atoms with Gasteiger partial charge in [-0.05, 0) is 31.5 Å². The van der Waals surface area contributed by atoms with E-state index >= 15 is 0 Å². The summed E-state index contributed by atoms with van der Waals surface area (Å²) in [5, 5.41) is 21.2. The van der Waals surface area contributed by atoms with Crippen LogP contribution < -0.4 is 10.2 Å². The molecule has 1 aromatic heterocycles. The number of nitrogens with one attached hydrogen (secondary N) is 1. The number of rotatable bonds is 2. The van der Waals surface area contributed by atoms with E-state index in [0.29, 0.717) is 30.8 Å². The van der Waals surface area contributed by atoms with Crippen molar-refractivity contribution in [1.82, 2.24) is 25.4 Å². The summed E-state index contributed by atoms with van der Waals surface area (Å²) >= 11 is 0. The molecule has 2 saturated heterocycles. The van der Waals surface area contributed by atoms with Crippen molar-refractivity contribution >= 4 is 12.0 Å². The summed E-state index contributed by atoms with van der Waals surface area (Å²) in [6.07, 6.45) is -3.81. The Hall–Kier alpha value is -3.11. The molecule has 29 heavy (non-hydrogen) atoms. The van der Waals surface area contributed by atoms with E-state index in [1.807, 2.05) is 4.90 Å². The number of likely N-dealkylation sites (N-methyl/N-ethyl adjacent to an activating group) is 1. The molecule has 0 radical (unpaired) electrons. The molecular formula is C18H19F3N6O2. The molecule has 2 atom stereocenters. The third-order valence-corrected chi connectivity index (χ3v) is 5.42. The minimum absolute atomic E-state index is 0.00112. The van der Waals surface area contributed by atoms with Crippen molar-refractivity contribution in [3.63, 3.8) is 0 Å². The van der Waals surface area contributed by atoms with Gasteiger partial charge in [-0.3, -0.25) is 0 Å². The second-order valence-electron chi connectivity index (χ2n) is 7.24. The second-order valence-corrected chi connectivity index (χ2v) is 7.24. The number of aryl methyl sites for hydroxylation is 1. The van der Waals surface area contributed by atoms with E-state index < -0.39 is 17.5 Å². The van der Waals surface area contributed by atoms with Crippen LogP contribution in [0.1, 0.15) is 17.7 Å². The number of halogens is 3. The van der Waals surface area contributed by atoms with Gasteiger partial charge in [-0.25, -0.2) is 9.78 Å². The van der Waals surface area contributed by atoms with Crippen LogP contribution >= 0.6 is 0 Å². The lowest BCUT2D eigenvalue weighted by Gasteiger charge is -2.36. The van der Waals surface area contributed by atoms with Crippen LogP contribution in [0, 0.1) is 6.92 Å². The Balaban J connectivity index is 1.58. The highest BCUT2D eigenvalue weighted by Crippen LogP contribution is 2.36. The fourth-order valence-corrected chi connectivity index (χ4v) is 3.77. The number of urea groups is 1. The maximum atomic E-state index is 12.8. The summed E-state index contributed by atoms with van der Waals surface area (Å²) in [6, 6.07) is 2.68. The Morgan fingerprint density at radius 2 is 2.03 bits per heavy atom. The maximum Gasteiger partial charge on any atom is 0.416 e. The van der Waals surface area contributed by atoms with Crippen molar-refractivity contribution in [2.45, 2.75) is 31.6 Å². The van der Waals surface area contributed by atoms with Gasteiger partial charge < -0.3 is 20.2 Å².